The van der Waals surface area contributed by atoms with Crippen molar-refractivity contribution in [2.24, 2.45) is 5.92 Å². The van der Waals surface area contributed by atoms with Gasteiger partial charge in [0.15, 0.2) is 0 Å². The monoisotopic (exact) mass is 243 g/mol. The summed E-state index contributed by atoms with van der Waals surface area (Å²) in [7, 11) is 0. The zero-order valence-electron chi connectivity index (χ0n) is 12.8. The van der Waals surface area contributed by atoms with Crippen LogP contribution >= 0.6 is 0 Å². The molecule has 0 aliphatic rings. The van der Waals surface area contributed by atoms with Crippen LogP contribution in [-0.4, -0.2) is 0 Å². The predicted octanol–water partition coefficient (Wildman–Crippen LogP) is 4.86. The number of hydrogen-bond donors (Lipinski definition) is 0. The van der Waals surface area contributed by atoms with E-state index < -0.39 is 0 Å². The predicted molar refractivity (Wildman–Crippen MR) is 77.8 cm³/mol. The summed E-state index contributed by atoms with van der Waals surface area (Å²) >= 11 is 0. The average Bonchev–Trinajstić information content (AvgIpc) is 2.20. The van der Waals surface area contributed by atoms with Gasteiger partial charge >= 0.3 is 0 Å². The van der Waals surface area contributed by atoms with Crippen LogP contribution in [0.4, 0.5) is 0 Å². The van der Waals surface area contributed by atoms with Crippen molar-refractivity contribution in [2.75, 3.05) is 0 Å². The van der Waals surface area contributed by atoms with Crippen molar-refractivity contribution in [3.8, 4) is 6.07 Å². The Morgan fingerprint density at radius 1 is 1.06 bits per heavy atom. The highest BCUT2D eigenvalue weighted by Crippen LogP contribution is 2.33. The minimum absolute atomic E-state index is 0.000909. The number of nitrogens with zero attached hydrogens (tertiary/aromatic N) is 1. The van der Waals surface area contributed by atoms with Gasteiger partial charge in [-0.25, -0.2) is 0 Å². The molecule has 0 heterocycles. The van der Waals surface area contributed by atoms with E-state index in [0.29, 0.717) is 5.92 Å². The second-order valence-electron chi connectivity index (χ2n) is 6.62. The molecule has 1 aromatic rings. The molecule has 1 heteroatoms. The Morgan fingerprint density at radius 3 is 1.78 bits per heavy atom. The lowest BCUT2D eigenvalue weighted by Gasteiger charge is -2.25. The molecule has 0 N–H and O–H groups in total. The van der Waals surface area contributed by atoms with E-state index in [1.165, 1.54) is 22.3 Å². The molecule has 0 aliphatic carbocycles. The minimum Gasteiger partial charge on any atom is -0.198 e. The zero-order chi connectivity index (χ0) is 14.1. The fourth-order valence-corrected chi connectivity index (χ4v) is 2.45. The van der Waals surface area contributed by atoms with Gasteiger partial charge in [-0.3, -0.25) is 0 Å². The first kappa shape index (κ1) is 14.8. The quantitative estimate of drug-likeness (QED) is 0.727. The number of nitriles is 1. The molecular weight excluding hydrogens is 218 g/mol. The van der Waals surface area contributed by atoms with Crippen LogP contribution in [0.15, 0.2) is 12.1 Å². The molecule has 0 bridgehead atoms. The summed E-state index contributed by atoms with van der Waals surface area (Å²) in [6.45, 7) is 15.2. The summed E-state index contributed by atoms with van der Waals surface area (Å²) in [4.78, 5) is 0. The molecule has 0 aliphatic heterocycles. The van der Waals surface area contributed by atoms with Gasteiger partial charge in [0.1, 0.15) is 0 Å². The molecule has 0 saturated carbocycles. The van der Waals surface area contributed by atoms with Crippen LogP contribution in [-0.2, 0) is 5.41 Å². The Hall–Kier alpha value is -1.29. The molecule has 0 fully saturated rings. The number of aryl methyl sites for hydroxylation is 2. The SMILES string of the molecule is Cc1cc(C(C)(C)C)cc(C)c1C(C#N)C(C)C. The third-order valence-corrected chi connectivity index (χ3v) is 3.58. The van der Waals surface area contributed by atoms with E-state index in [0.717, 1.165) is 0 Å². The maximum absolute atomic E-state index is 9.38. The lowest BCUT2D eigenvalue weighted by molar-refractivity contribution is 0.574. The first-order valence-corrected chi connectivity index (χ1v) is 6.69. The number of hydrogen-bond acceptors (Lipinski definition) is 1. The van der Waals surface area contributed by atoms with E-state index in [2.05, 4.69) is 66.7 Å². The number of rotatable bonds is 2. The van der Waals surface area contributed by atoms with Gasteiger partial charge in [0, 0.05) is 0 Å². The van der Waals surface area contributed by atoms with Gasteiger partial charge in [-0.05, 0) is 47.4 Å². The largest absolute Gasteiger partial charge is 0.198 e. The normalized spacial score (nSPS) is 13.5. The summed E-state index contributed by atoms with van der Waals surface area (Å²) in [6.07, 6.45) is 0. The van der Waals surface area contributed by atoms with Crippen LogP contribution in [0.2, 0.25) is 0 Å². The second kappa shape index (κ2) is 5.14. The lowest BCUT2D eigenvalue weighted by atomic mass is 9.79. The Morgan fingerprint density at radius 2 is 1.50 bits per heavy atom. The van der Waals surface area contributed by atoms with Crippen molar-refractivity contribution < 1.29 is 0 Å². The summed E-state index contributed by atoms with van der Waals surface area (Å²) in [6, 6.07) is 6.95. The average molecular weight is 243 g/mol. The van der Waals surface area contributed by atoms with Crippen LogP contribution in [0, 0.1) is 31.1 Å². The molecule has 1 aromatic carbocycles. The zero-order valence-corrected chi connectivity index (χ0v) is 12.8. The Labute approximate surface area is 112 Å². The molecule has 1 nitrogen and oxygen atoms in total. The maximum Gasteiger partial charge on any atom is 0.0740 e. The van der Waals surface area contributed by atoms with E-state index in [-0.39, 0.29) is 11.3 Å². The minimum atomic E-state index is -0.000909. The van der Waals surface area contributed by atoms with E-state index in [4.69, 9.17) is 0 Å². The molecule has 1 atom stereocenters. The van der Waals surface area contributed by atoms with E-state index in [9.17, 15) is 5.26 Å². The smallest absolute Gasteiger partial charge is 0.0740 e. The molecular formula is C17H25N. The van der Waals surface area contributed by atoms with Crippen LogP contribution in [0.25, 0.3) is 0 Å². The van der Waals surface area contributed by atoms with Crippen molar-refractivity contribution in [1.29, 1.82) is 5.26 Å². The van der Waals surface area contributed by atoms with E-state index in [1.807, 2.05) is 0 Å². The van der Waals surface area contributed by atoms with Gasteiger partial charge in [0.05, 0.1) is 12.0 Å². The summed E-state index contributed by atoms with van der Waals surface area (Å²) < 4.78 is 0. The highest BCUT2D eigenvalue weighted by atomic mass is 14.3. The molecule has 0 aromatic heterocycles. The maximum atomic E-state index is 9.38. The highest BCUT2D eigenvalue weighted by molar-refractivity contribution is 5.44. The number of benzene rings is 1. The van der Waals surface area contributed by atoms with Crippen molar-refractivity contribution in [1.82, 2.24) is 0 Å². The highest BCUT2D eigenvalue weighted by Gasteiger charge is 2.22. The fourth-order valence-electron chi connectivity index (χ4n) is 2.45. The van der Waals surface area contributed by atoms with Gasteiger partial charge < -0.3 is 0 Å². The molecule has 0 amide bonds. The van der Waals surface area contributed by atoms with Crippen molar-refractivity contribution in [3.05, 3.63) is 34.4 Å². The van der Waals surface area contributed by atoms with Gasteiger partial charge in [0.25, 0.3) is 0 Å². The third-order valence-electron chi connectivity index (χ3n) is 3.58. The van der Waals surface area contributed by atoms with Crippen LogP contribution in [0.5, 0.6) is 0 Å². The summed E-state index contributed by atoms with van der Waals surface area (Å²) in [5.74, 6) is 0.354. The van der Waals surface area contributed by atoms with Crippen molar-refractivity contribution >= 4 is 0 Å². The standard InChI is InChI=1S/C17H25N/c1-11(2)15(10-18)16-12(3)8-14(9-13(16)4)17(5,6)7/h8-9,11,15H,1-7H3. The topological polar surface area (TPSA) is 23.8 Å². The fraction of sp³-hybridized carbons (Fsp3) is 0.588. The molecule has 1 rings (SSSR count). The Balaban J connectivity index is 3.38. The Kier molecular flexibility index (Phi) is 4.22. The van der Waals surface area contributed by atoms with Crippen LogP contribution in [0.3, 0.4) is 0 Å². The summed E-state index contributed by atoms with van der Waals surface area (Å²) in [5, 5.41) is 9.38. The van der Waals surface area contributed by atoms with Crippen LogP contribution < -0.4 is 0 Å². The molecule has 0 radical (unpaired) electrons. The molecule has 0 saturated heterocycles. The molecule has 18 heavy (non-hydrogen) atoms. The van der Waals surface area contributed by atoms with E-state index in [1.54, 1.807) is 0 Å². The molecule has 98 valence electrons. The third kappa shape index (κ3) is 2.93. The van der Waals surface area contributed by atoms with Gasteiger partial charge in [-0.15, -0.1) is 0 Å². The first-order chi connectivity index (χ1) is 8.18. The van der Waals surface area contributed by atoms with Crippen molar-refractivity contribution in [2.45, 2.75) is 59.8 Å². The van der Waals surface area contributed by atoms with E-state index >= 15 is 0 Å². The van der Waals surface area contributed by atoms with Gasteiger partial charge in [-0.1, -0.05) is 46.8 Å². The lowest BCUT2D eigenvalue weighted by Crippen LogP contribution is -2.14. The van der Waals surface area contributed by atoms with Crippen molar-refractivity contribution in [3.63, 3.8) is 0 Å². The van der Waals surface area contributed by atoms with Gasteiger partial charge in [0.2, 0.25) is 0 Å². The summed E-state index contributed by atoms with van der Waals surface area (Å²) in [5.41, 5.74) is 5.23. The van der Waals surface area contributed by atoms with Gasteiger partial charge in [-0.2, -0.15) is 5.26 Å². The van der Waals surface area contributed by atoms with Crippen LogP contribution in [0.1, 0.15) is 62.8 Å². The Bertz CT molecular complexity index is 446. The second-order valence-corrected chi connectivity index (χ2v) is 6.62. The first-order valence-electron chi connectivity index (χ1n) is 6.69. The molecule has 1 unspecified atom stereocenters. The molecule has 0 spiro atoms.